The molecule has 1 aliphatic carbocycles. The molecule has 0 aliphatic heterocycles. The Balaban J connectivity index is 0.00000115. The summed E-state index contributed by atoms with van der Waals surface area (Å²) < 4.78 is 5.85. The molecule has 0 N–H and O–H groups in total. The lowest BCUT2D eigenvalue weighted by atomic mass is 9.85. The number of unbranched alkanes of at least 4 members (excludes halogenated alkanes) is 32. The molecule has 0 saturated heterocycles. The summed E-state index contributed by atoms with van der Waals surface area (Å²) in [5.74, 6) is 0.906. The van der Waals surface area contributed by atoms with E-state index in [0.717, 1.165) is 45.3 Å². The van der Waals surface area contributed by atoms with E-state index in [2.05, 4.69) is 32.9 Å². The number of carbonyl (C=O) groups is 1. The highest BCUT2D eigenvalue weighted by molar-refractivity contribution is 5.81. The van der Waals surface area contributed by atoms with Gasteiger partial charge in [-0.25, -0.2) is 0 Å². The SMILES string of the molecule is CCCCCCCCC=CCCC1CCCCC1=O.CCCCCCCCCCCCCCCCOCCCCCCCCCCCCCCCC. The minimum absolute atomic E-state index is 0.382. The molecular weight excluding hydrogens is 633 g/mol. The summed E-state index contributed by atoms with van der Waals surface area (Å²) >= 11 is 0. The van der Waals surface area contributed by atoms with E-state index >= 15 is 0 Å². The average molecular weight is 731 g/mol. The Kier molecular flexibility index (Phi) is 46.0. The Morgan fingerprint density at radius 2 is 0.750 bits per heavy atom. The quantitative estimate of drug-likeness (QED) is 0.0463. The van der Waals surface area contributed by atoms with Crippen LogP contribution in [0.2, 0.25) is 0 Å². The van der Waals surface area contributed by atoms with Gasteiger partial charge in [-0.05, 0) is 51.4 Å². The molecule has 52 heavy (non-hydrogen) atoms. The van der Waals surface area contributed by atoms with E-state index in [1.165, 1.54) is 231 Å². The number of ketones is 1. The molecule has 0 radical (unpaired) electrons. The highest BCUT2D eigenvalue weighted by atomic mass is 16.5. The first kappa shape index (κ1) is 51.4. The van der Waals surface area contributed by atoms with Crippen LogP contribution in [0.25, 0.3) is 0 Å². The maximum atomic E-state index is 11.7. The fourth-order valence-electron chi connectivity index (χ4n) is 7.84. The molecule has 0 heterocycles. The van der Waals surface area contributed by atoms with Gasteiger partial charge in [0.05, 0.1) is 0 Å². The van der Waals surface area contributed by atoms with Crippen LogP contribution in [0.3, 0.4) is 0 Å². The predicted molar refractivity (Wildman–Crippen MR) is 235 cm³/mol. The number of hydrogen-bond acceptors (Lipinski definition) is 2. The standard InChI is InChI=1S/C32H66O.C18H32O/c1-3-5-7-9-11-13-15-17-19-21-23-25-27-29-31-33-32-30-28-26-24-22-20-18-16-14-12-10-8-6-4-2;1-2-3-4-5-6-7-8-9-10-11-14-17-15-12-13-16-18(17)19/h3-32H2,1-2H3;9-10,17H,2-8,11-16H2,1H3. The molecule has 0 amide bonds. The molecule has 0 aromatic heterocycles. The zero-order chi connectivity index (χ0) is 37.7. The first-order valence-corrected chi connectivity index (χ1v) is 24.5. The Morgan fingerprint density at radius 3 is 1.12 bits per heavy atom. The molecule has 2 nitrogen and oxygen atoms in total. The summed E-state index contributed by atoms with van der Waals surface area (Å²) in [6.45, 7) is 8.86. The normalized spacial score (nSPS) is 14.7. The third kappa shape index (κ3) is 42.1. The number of ether oxygens (including phenoxy) is 1. The van der Waals surface area contributed by atoms with Gasteiger partial charge in [-0.3, -0.25) is 4.79 Å². The second kappa shape index (κ2) is 46.5. The zero-order valence-electron chi connectivity index (χ0n) is 36.5. The van der Waals surface area contributed by atoms with Crippen LogP contribution in [0.4, 0.5) is 0 Å². The minimum atomic E-state index is 0.382. The van der Waals surface area contributed by atoms with Crippen molar-refractivity contribution in [3.05, 3.63) is 12.2 Å². The molecule has 1 aliphatic rings. The molecule has 0 spiro atoms. The zero-order valence-corrected chi connectivity index (χ0v) is 36.5. The van der Waals surface area contributed by atoms with Gasteiger partial charge < -0.3 is 4.74 Å². The van der Waals surface area contributed by atoms with Gasteiger partial charge in [-0.2, -0.15) is 0 Å². The van der Waals surface area contributed by atoms with Crippen molar-refractivity contribution >= 4 is 5.78 Å². The smallest absolute Gasteiger partial charge is 0.135 e. The molecule has 1 unspecified atom stereocenters. The van der Waals surface area contributed by atoms with Crippen molar-refractivity contribution in [1.29, 1.82) is 0 Å². The van der Waals surface area contributed by atoms with Crippen molar-refractivity contribution in [1.82, 2.24) is 0 Å². The minimum Gasteiger partial charge on any atom is -0.381 e. The fourth-order valence-corrected chi connectivity index (χ4v) is 7.84. The molecule has 1 fully saturated rings. The second-order valence-electron chi connectivity index (χ2n) is 16.8. The van der Waals surface area contributed by atoms with Crippen molar-refractivity contribution in [3.8, 4) is 0 Å². The first-order chi connectivity index (χ1) is 25.8. The van der Waals surface area contributed by atoms with E-state index < -0.39 is 0 Å². The molecule has 1 rings (SSSR count). The van der Waals surface area contributed by atoms with E-state index in [-0.39, 0.29) is 0 Å². The molecular formula is C50H98O2. The molecule has 1 atom stereocenters. The molecule has 310 valence electrons. The van der Waals surface area contributed by atoms with E-state index in [1.807, 2.05) is 0 Å². The van der Waals surface area contributed by atoms with E-state index in [0.29, 0.717) is 11.7 Å². The van der Waals surface area contributed by atoms with Gasteiger partial charge in [0.1, 0.15) is 5.78 Å². The third-order valence-electron chi connectivity index (χ3n) is 11.5. The lowest BCUT2D eigenvalue weighted by molar-refractivity contribution is -0.124. The summed E-state index contributed by atoms with van der Waals surface area (Å²) in [6.07, 6.45) is 60.7. The fraction of sp³-hybridized carbons (Fsp3) is 0.940. The lowest BCUT2D eigenvalue weighted by Crippen LogP contribution is -2.18. The van der Waals surface area contributed by atoms with Crippen molar-refractivity contribution < 1.29 is 9.53 Å². The topological polar surface area (TPSA) is 26.3 Å². The Hall–Kier alpha value is -0.630. The number of hydrogen-bond donors (Lipinski definition) is 0. The number of carbonyl (C=O) groups excluding carboxylic acids is 1. The molecule has 0 aromatic rings. The Labute approximate surface area is 329 Å². The summed E-state index contributed by atoms with van der Waals surface area (Å²) in [4.78, 5) is 11.7. The van der Waals surface area contributed by atoms with E-state index in [9.17, 15) is 4.79 Å². The van der Waals surface area contributed by atoms with Crippen LogP contribution in [0.1, 0.15) is 284 Å². The molecule has 0 aromatic carbocycles. The lowest BCUT2D eigenvalue weighted by Gasteiger charge is -2.19. The molecule has 0 bridgehead atoms. The van der Waals surface area contributed by atoms with Crippen LogP contribution in [0.5, 0.6) is 0 Å². The van der Waals surface area contributed by atoms with Crippen molar-refractivity contribution in [2.75, 3.05) is 13.2 Å². The van der Waals surface area contributed by atoms with Crippen LogP contribution >= 0.6 is 0 Å². The van der Waals surface area contributed by atoms with Gasteiger partial charge in [0.15, 0.2) is 0 Å². The highest BCUT2D eigenvalue weighted by Crippen LogP contribution is 2.24. The van der Waals surface area contributed by atoms with Crippen LogP contribution in [-0.4, -0.2) is 19.0 Å². The van der Waals surface area contributed by atoms with Crippen molar-refractivity contribution in [2.24, 2.45) is 5.92 Å². The van der Waals surface area contributed by atoms with E-state index in [4.69, 9.17) is 4.74 Å². The van der Waals surface area contributed by atoms with Gasteiger partial charge in [0, 0.05) is 25.6 Å². The maximum absolute atomic E-state index is 11.7. The van der Waals surface area contributed by atoms with Crippen LogP contribution in [-0.2, 0) is 9.53 Å². The van der Waals surface area contributed by atoms with Gasteiger partial charge in [-0.1, -0.05) is 238 Å². The number of rotatable bonds is 40. The maximum Gasteiger partial charge on any atom is 0.135 e. The predicted octanol–water partition coefficient (Wildman–Crippen LogP) is 17.8. The third-order valence-corrected chi connectivity index (χ3v) is 11.5. The van der Waals surface area contributed by atoms with Crippen LogP contribution in [0.15, 0.2) is 12.2 Å². The van der Waals surface area contributed by atoms with Gasteiger partial charge in [-0.15, -0.1) is 0 Å². The summed E-state index contributed by atoms with van der Waals surface area (Å²) in [7, 11) is 0. The van der Waals surface area contributed by atoms with Gasteiger partial charge >= 0.3 is 0 Å². The Bertz CT molecular complexity index is 654. The van der Waals surface area contributed by atoms with Crippen molar-refractivity contribution in [2.45, 2.75) is 284 Å². The van der Waals surface area contributed by atoms with Gasteiger partial charge in [0.25, 0.3) is 0 Å². The highest BCUT2D eigenvalue weighted by Gasteiger charge is 2.20. The second-order valence-corrected chi connectivity index (χ2v) is 16.8. The molecule has 1 saturated carbocycles. The average Bonchev–Trinajstić information content (AvgIpc) is 3.16. The van der Waals surface area contributed by atoms with Gasteiger partial charge in [0.2, 0.25) is 0 Å². The first-order valence-electron chi connectivity index (χ1n) is 24.5. The number of Topliss-reactive ketones (excluding diaryl/α,β-unsaturated/α-hetero) is 1. The monoisotopic (exact) mass is 731 g/mol. The van der Waals surface area contributed by atoms with Crippen LogP contribution in [0, 0.1) is 5.92 Å². The van der Waals surface area contributed by atoms with Crippen LogP contribution < -0.4 is 0 Å². The Morgan fingerprint density at radius 1 is 0.423 bits per heavy atom. The van der Waals surface area contributed by atoms with E-state index in [1.54, 1.807) is 0 Å². The molecule has 2 heteroatoms. The largest absolute Gasteiger partial charge is 0.381 e. The summed E-state index contributed by atoms with van der Waals surface area (Å²) in [5.41, 5.74) is 0. The number of allylic oxidation sites excluding steroid dienone is 2. The van der Waals surface area contributed by atoms with Crippen molar-refractivity contribution in [3.63, 3.8) is 0 Å². The summed E-state index contributed by atoms with van der Waals surface area (Å²) in [6, 6.07) is 0. The summed E-state index contributed by atoms with van der Waals surface area (Å²) in [5, 5.41) is 0.